The second-order valence-electron chi connectivity index (χ2n) is 8.78. The maximum absolute atomic E-state index is 10.9. The van der Waals surface area contributed by atoms with Crippen LogP contribution in [0.4, 0.5) is 0 Å². The Hall–Kier alpha value is -0.0800. The standard InChI is InChI=1S/C18H34O2/c1-13(19)7-8-15-17(4)11-6-10-16(2,3)14(17)9-12-18(15,5)20/h13-15,19-20H,6-12H2,1-5H3/t13?,14?,15-,17+,18-/m1/s1. The van der Waals surface area contributed by atoms with Gasteiger partial charge < -0.3 is 10.2 Å². The fourth-order valence-corrected chi connectivity index (χ4v) is 5.67. The van der Waals surface area contributed by atoms with Gasteiger partial charge in [0.25, 0.3) is 0 Å². The number of rotatable bonds is 3. The molecular weight excluding hydrogens is 248 g/mol. The fraction of sp³-hybridized carbons (Fsp3) is 1.00. The van der Waals surface area contributed by atoms with E-state index in [-0.39, 0.29) is 11.5 Å². The van der Waals surface area contributed by atoms with Gasteiger partial charge in [-0.2, -0.15) is 0 Å². The van der Waals surface area contributed by atoms with Crippen molar-refractivity contribution >= 4 is 0 Å². The highest BCUT2D eigenvalue weighted by atomic mass is 16.3. The molecule has 0 saturated heterocycles. The second-order valence-corrected chi connectivity index (χ2v) is 8.78. The van der Waals surface area contributed by atoms with E-state index in [1.807, 2.05) is 13.8 Å². The number of fused-ring (bicyclic) bond motifs is 1. The Balaban J connectivity index is 2.28. The molecule has 0 spiro atoms. The van der Waals surface area contributed by atoms with Crippen molar-refractivity contribution < 1.29 is 10.2 Å². The Bertz CT molecular complexity index is 345. The van der Waals surface area contributed by atoms with Crippen LogP contribution in [0.3, 0.4) is 0 Å². The summed E-state index contributed by atoms with van der Waals surface area (Å²) in [5.74, 6) is 1.03. The molecule has 2 heteroatoms. The normalized spacial score (nSPS) is 45.8. The van der Waals surface area contributed by atoms with E-state index in [9.17, 15) is 10.2 Å². The van der Waals surface area contributed by atoms with Crippen LogP contribution >= 0.6 is 0 Å². The lowest BCUT2D eigenvalue weighted by Crippen LogP contribution is -2.57. The van der Waals surface area contributed by atoms with Gasteiger partial charge in [0.2, 0.25) is 0 Å². The minimum atomic E-state index is -0.562. The van der Waals surface area contributed by atoms with Crippen LogP contribution in [0.15, 0.2) is 0 Å². The molecule has 2 N–H and O–H groups in total. The summed E-state index contributed by atoms with van der Waals surface area (Å²) in [6.07, 6.45) is 7.41. The molecule has 20 heavy (non-hydrogen) atoms. The summed E-state index contributed by atoms with van der Waals surface area (Å²) >= 11 is 0. The van der Waals surface area contributed by atoms with Gasteiger partial charge in [-0.15, -0.1) is 0 Å². The molecule has 2 aliphatic rings. The van der Waals surface area contributed by atoms with Crippen molar-refractivity contribution in [1.29, 1.82) is 0 Å². The number of aliphatic hydroxyl groups is 2. The van der Waals surface area contributed by atoms with Crippen molar-refractivity contribution in [3.05, 3.63) is 0 Å². The molecule has 0 aromatic rings. The third kappa shape index (κ3) is 2.78. The monoisotopic (exact) mass is 282 g/mol. The summed E-state index contributed by atoms with van der Waals surface area (Å²) in [6, 6.07) is 0. The lowest BCUT2D eigenvalue weighted by atomic mass is 9.45. The molecule has 2 rings (SSSR count). The molecular formula is C18H34O2. The topological polar surface area (TPSA) is 40.5 Å². The van der Waals surface area contributed by atoms with Crippen LogP contribution in [-0.2, 0) is 0 Å². The maximum atomic E-state index is 10.9. The summed E-state index contributed by atoms with van der Waals surface area (Å²) in [7, 11) is 0. The predicted octanol–water partition coefficient (Wildman–Crippen LogP) is 4.14. The van der Waals surface area contributed by atoms with Gasteiger partial charge in [-0.25, -0.2) is 0 Å². The SMILES string of the molecule is CC(O)CC[C@@H]1[C@@]2(C)CCCC(C)(C)C2CC[C@@]1(C)O. The van der Waals surface area contributed by atoms with Crippen LogP contribution < -0.4 is 0 Å². The highest BCUT2D eigenvalue weighted by Gasteiger charge is 2.57. The quantitative estimate of drug-likeness (QED) is 0.816. The Labute approximate surface area is 125 Å². The first-order valence-electron chi connectivity index (χ1n) is 8.50. The Morgan fingerprint density at radius 1 is 1.10 bits per heavy atom. The second kappa shape index (κ2) is 5.28. The molecule has 0 bridgehead atoms. The van der Waals surface area contributed by atoms with E-state index in [4.69, 9.17) is 0 Å². The molecule has 2 unspecified atom stereocenters. The van der Waals surface area contributed by atoms with E-state index < -0.39 is 5.60 Å². The predicted molar refractivity (Wildman–Crippen MR) is 83.5 cm³/mol. The zero-order valence-electron chi connectivity index (χ0n) is 14.1. The minimum Gasteiger partial charge on any atom is -0.393 e. The van der Waals surface area contributed by atoms with E-state index in [2.05, 4.69) is 20.8 Å². The molecule has 0 aromatic carbocycles. The minimum absolute atomic E-state index is 0.235. The van der Waals surface area contributed by atoms with Gasteiger partial charge in [0, 0.05) is 0 Å². The molecule has 0 heterocycles. The largest absolute Gasteiger partial charge is 0.393 e. The first kappa shape index (κ1) is 16.3. The summed E-state index contributed by atoms with van der Waals surface area (Å²) < 4.78 is 0. The highest BCUT2D eigenvalue weighted by molar-refractivity contribution is 5.07. The summed E-state index contributed by atoms with van der Waals surface area (Å²) in [6.45, 7) is 11.1. The lowest BCUT2D eigenvalue weighted by molar-refractivity contribution is -0.170. The van der Waals surface area contributed by atoms with E-state index >= 15 is 0 Å². The van der Waals surface area contributed by atoms with Gasteiger partial charge in [-0.1, -0.05) is 27.2 Å². The van der Waals surface area contributed by atoms with E-state index in [1.165, 1.54) is 19.3 Å². The van der Waals surface area contributed by atoms with E-state index in [0.29, 0.717) is 17.3 Å². The molecule has 0 aliphatic heterocycles. The van der Waals surface area contributed by atoms with Crippen molar-refractivity contribution in [1.82, 2.24) is 0 Å². The molecule has 118 valence electrons. The summed E-state index contributed by atoms with van der Waals surface area (Å²) in [5.41, 5.74) is 0.0680. The van der Waals surface area contributed by atoms with Crippen molar-refractivity contribution in [3.63, 3.8) is 0 Å². The fourth-order valence-electron chi connectivity index (χ4n) is 5.67. The first-order chi connectivity index (χ1) is 9.09. The smallest absolute Gasteiger partial charge is 0.0653 e. The van der Waals surface area contributed by atoms with Crippen LogP contribution in [0.2, 0.25) is 0 Å². The van der Waals surface area contributed by atoms with Crippen LogP contribution in [0.25, 0.3) is 0 Å². The molecule has 5 atom stereocenters. The third-order valence-corrected chi connectivity index (χ3v) is 6.63. The van der Waals surface area contributed by atoms with Gasteiger partial charge in [0.15, 0.2) is 0 Å². The van der Waals surface area contributed by atoms with Gasteiger partial charge >= 0.3 is 0 Å². The molecule has 0 amide bonds. The molecule has 2 saturated carbocycles. The first-order valence-corrected chi connectivity index (χ1v) is 8.50. The Morgan fingerprint density at radius 2 is 1.75 bits per heavy atom. The van der Waals surface area contributed by atoms with Crippen molar-refractivity contribution in [3.8, 4) is 0 Å². The molecule has 0 radical (unpaired) electrons. The maximum Gasteiger partial charge on any atom is 0.0653 e. The van der Waals surface area contributed by atoms with Gasteiger partial charge in [0.05, 0.1) is 11.7 Å². The van der Waals surface area contributed by atoms with E-state index in [1.54, 1.807) is 0 Å². The molecule has 2 aliphatic carbocycles. The average Bonchev–Trinajstić information content (AvgIpc) is 2.25. The van der Waals surface area contributed by atoms with Crippen LogP contribution in [0.5, 0.6) is 0 Å². The third-order valence-electron chi connectivity index (χ3n) is 6.63. The molecule has 2 nitrogen and oxygen atoms in total. The van der Waals surface area contributed by atoms with Crippen molar-refractivity contribution in [2.24, 2.45) is 22.7 Å². The lowest BCUT2D eigenvalue weighted by Gasteiger charge is -2.61. The van der Waals surface area contributed by atoms with Gasteiger partial charge in [0.1, 0.15) is 0 Å². The number of aliphatic hydroxyl groups excluding tert-OH is 1. The number of hydrogen-bond donors (Lipinski definition) is 2. The van der Waals surface area contributed by atoms with Crippen molar-refractivity contribution in [2.45, 2.75) is 91.3 Å². The Kier molecular flexibility index (Phi) is 4.30. The van der Waals surface area contributed by atoms with Crippen LogP contribution in [0, 0.1) is 22.7 Å². The zero-order chi connectivity index (χ0) is 15.2. The molecule has 2 fully saturated rings. The summed E-state index contributed by atoms with van der Waals surface area (Å²) in [5, 5.41) is 20.6. The zero-order valence-corrected chi connectivity index (χ0v) is 14.1. The summed E-state index contributed by atoms with van der Waals surface area (Å²) in [4.78, 5) is 0. The average molecular weight is 282 g/mol. The van der Waals surface area contributed by atoms with Crippen LogP contribution in [-0.4, -0.2) is 21.9 Å². The van der Waals surface area contributed by atoms with Crippen molar-refractivity contribution in [2.75, 3.05) is 0 Å². The molecule has 0 aromatic heterocycles. The van der Waals surface area contributed by atoms with Crippen LogP contribution in [0.1, 0.15) is 79.6 Å². The number of hydrogen-bond acceptors (Lipinski definition) is 2. The highest BCUT2D eigenvalue weighted by Crippen LogP contribution is 2.62. The Morgan fingerprint density at radius 3 is 2.35 bits per heavy atom. The van der Waals surface area contributed by atoms with Gasteiger partial charge in [-0.05, 0) is 75.0 Å². The van der Waals surface area contributed by atoms with Gasteiger partial charge in [-0.3, -0.25) is 0 Å². The van der Waals surface area contributed by atoms with E-state index in [0.717, 1.165) is 25.7 Å².